The lowest BCUT2D eigenvalue weighted by Gasteiger charge is -2.17. The van der Waals surface area contributed by atoms with Gasteiger partial charge in [-0.25, -0.2) is 0 Å². The highest BCUT2D eigenvalue weighted by Crippen LogP contribution is 2.30. The largest absolute Gasteiger partial charge is 0.387 e. The van der Waals surface area contributed by atoms with Gasteiger partial charge in [0.25, 0.3) is 5.92 Å². The van der Waals surface area contributed by atoms with Crippen molar-refractivity contribution in [3.63, 3.8) is 0 Å². The molecule has 1 heterocycles. The smallest absolute Gasteiger partial charge is 0.306 e. The molecule has 2 aromatic carbocycles. The molecule has 37 heavy (non-hydrogen) atoms. The lowest BCUT2D eigenvalue weighted by atomic mass is 10.0. The molecule has 0 amide bonds. The normalized spacial score (nSPS) is 13.1. The Morgan fingerprint density at radius 3 is 2.49 bits per heavy atom. The fourth-order valence-corrected chi connectivity index (χ4v) is 4.36. The zero-order chi connectivity index (χ0) is 26.9. The van der Waals surface area contributed by atoms with Crippen molar-refractivity contribution in [1.82, 2.24) is 10.3 Å². The van der Waals surface area contributed by atoms with E-state index in [9.17, 15) is 27.1 Å². The molecule has 3 N–H and O–H groups in total. The van der Waals surface area contributed by atoms with Gasteiger partial charge in [-0.05, 0) is 37.1 Å². The maximum absolute atomic E-state index is 14.0. The van der Waals surface area contributed by atoms with E-state index in [4.69, 9.17) is 8.92 Å². The topological polar surface area (TPSA) is 118 Å². The predicted molar refractivity (Wildman–Crippen MR) is 137 cm³/mol. The van der Waals surface area contributed by atoms with Crippen molar-refractivity contribution in [3.05, 3.63) is 76.1 Å². The van der Waals surface area contributed by atoms with Gasteiger partial charge in [0.15, 0.2) is 5.75 Å². The minimum atomic E-state index is -3.80. The number of rotatable bonds is 15. The monoisotopic (exact) mass is 538 g/mol. The molecule has 0 aliphatic heterocycles. The number of aromatic amines is 1. The third-order valence-electron chi connectivity index (χ3n) is 5.70. The SMILES string of the molecule is CS(=O)(=O)Oc1ccc([C@@H](O)CNCCCCCCOCC(F)(F)c2ccccc2)c2ccc(=O)[nH]c12. The van der Waals surface area contributed by atoms with E-state index in [0.717, 1.165) is 25.5 Å². The second kappa shape index (κ2) is 13.1. The molecule has 1 aromatic heterocycles. The Kier molecular flexibility index (Phi) is 10.2. The van der Waals surface area contributed by atoms with Crippen molar-refractivity contribution in [2.75, 3.05) is 32.6 Å². The lowest BCUT2D eigenvalue weighted by Crippen LogP contribution is -2.23. The number of aliphatic hydroxyl groups is 1. The number of hydrogen-bond donors (Lipinski definition) is 3. The van der Waals surface area contributed by atoms with Crippen LogP contribution in [-0.2, 0) is 20.8 Å². The molecule has 0 radical (unpaired) electrons. The van der Waals surface area contributed by atoms with E-state index in [0.29, 0.717) is 23.9 Å². The summed E-state index contributed by atoms with van der Waals surface area (Å²) in [7, 11) is -3.80. The molecule has 0 aliphatic carbocycles. The van der Waals surface area contributed by atoms with Crippen molar-refractivity contribution in [3.8, 4) is 5.75 Å². The van der Waals surface area contributed by atoms with Crippen molar-refractivity contribution in [2.45, 2.75) is 37.7 Å². The van der Waals surface area contributed by atoms with Gasteiger partial charge in [0.1, 0.15) is 6.61 Å². The maximum atomic E-state index is 14.0. The average molecular weight is 539 g/mol. The van der Waals surface area contributed by atoms with E-state index in [-0.39, 0.29) is 30.0 Å². The molecule has 8 nitrogen and oxygen atoms in total. The molecule has 3 rings (SSSR count). The number of alkyl halides is 2. The second-order valence-electron chi connectivity index (χ2n) is 8.81. The highest BCUT2D eigenvalue weighted by atomic mass is 32.2. The number of hydrogen-bond acceptors (Lipinski definition) is 7. The molecule has 0 bridgehead atoms. The van der Waals surface area contributed by atoms with Gasteiger partial charge in [0.05, 0.1) is 17.9 Å². The quantitative estimate of drug-likeness (QED) is 0.199. The summed E-state index contributed by atoms with van der Waals surface area (Å²) in [6.07, 6.45) is 3.23. The molecule has 1 atom stereocenters. The van der Waals surface area contributed by atoms with Crippen molar-refractivity contribution in [2.24, 2.45) is 0 Å². The average Bonchev–Trinajstić information content (AvgIpc) is 2.85. The Morgan fingerprint density at radius 1 is 1.03 bits per heavy atom. The fourth-order valence-electron chi connectivity index (χ4n) is 3.89. The second-order valence-corrected chi connectivity index (χ2v) is 10.4. The first-order valence-corrected chi connectivity index (χ1v) is 13.8. The predicted octanol–water partition coefficient (Wildman–Crippen LogP) is 3.86. The van der Waals surface area contributed by atoms with Crippen molar-refractivity contribution < 1.29 is 31.2 Å². The van der Waals surface area contributed by atoms with Crippen LogP contribution in [-0.4, -0.2) is 51.1 Å². The molecule has 11 heteroatoms. The Morgan fingerprint density at radius 2 is 1.76 bits per heavy atom. The van der Waals surface area contributed by atoms with E-state index in [1.165, 1.54) is 30.3 Å². The third-order valence-corrected chi connectivity index (χ3v) is 6.18. The van der Waals surface area contributed by atoms with Crippen LogP contribution in [0.5, 0.6) is 5.75 Å². The third kappa shape index (κ3) is 8.89. The molecular formula is C26H32F2N2O6S. The number of unbranched alkanes of at least 4 members (excludes halogenated alkanes) is 3. The highest BCUT2D eigenvalue weighted by Gasteiger charge is 2.31. The van der Waals surface area contributed by atoms with Gasteiger partial charge >= 0.3 is 10.1 Å². The Bertz CT molecular complexity index is 1320. The molecule has 3 aromatic rings. The summed E-state index contributed by atoms with van der Waals surface area (Å²) in [6, 6.07) is 13.4. The summed E-state index contributed by atoms with van der Waals surface area (Å²) in [5.41, 5.74) is 0.232. The van der Waals surface area contributed by atoms with Gasteiger partial charge in [-0.2, -0.15) is 17.2 Å². The van der Waals surface area contributed by atoms with Gasteiger partial charge in [-0.3, -0.25) is 4.79 Å². The van der Waals surface area contributed by atoms with Crippen LogP contribution in [0.15, 0.2) is 59.4 Å². The fraction of sp³-hybridized carbons (Fsp3) is 0.423. The molecule has 0 saturated heterocycles. The summed E-state index contributed by atoms with van der Waals surface area (Å²) in [4.78, 5) is 14.3. The Labute approximate surface area is 214 Å². The zero-order valence-electron chi connectivity index (χ0n) is 20.6. The number of halogens is 2. The molecular weight excluding hydrogens is 506 g/mol. The number of fused-ring (bicyclic) bond motifs is 1. The standard InChI is InChI=1S/C26H32F2N2O6S/c1-37(33,34)36-23-13-11-20(21-12-14-24(32)30-25(21)23)22(31)17-29-15-7-2-3-8-16-35-18-26(27,28)19-9-5-4-6-10-19/h4-6,9-14,22,29,31H,2-3,7-8,15-18H2,1H3,(H,30,32)/t22-/m0/s1. The first-order valence-electron chi connectivity index (χ1n) is 12.0. The molecule has 202 valence electrons. The van der Waals surface area contributed by atoms with Crippen LogP contribution in [0.3, 0.4) is 0 Å². The zero-order valence-corrected chi connectivity index (χ0v) is 21.4. The number of H-pyrrole nitrogens is 1. The van der Waals surface area contributed by atoms with E-state index in [1.807, 2.05) is 0 Å². The van der Waals surface area contributed by atoms with E-state index in [2.05, 4.69) is 10.3 Å². The number of aromatic nitrogens is 1. The number of benzene rings is 2. The van der Waals surface area contributed by atoms with Crippen molar-refractivity contribution >= 4 is 21.0 Å². The summed E-state index contributed by atoms with van der Waals surface area (Å²) in [5, 5.41) is 14.3. The van der Waals surface area contributed by atoms with Gasteiger partial charge < -0.3 is 24.3 Å². The van der Waals surface area contributed by atoms with Crippen LogP contribution in [0.1, 0.15) is 42.9 Å². The summed E-state index contributed by atoms with van der Waals surface area (Å²) in [5.74, 6) is -3.03. The minimum absolute atomic E-state index is 0.0214. The van der Waals surface area contributed by atoms with Gasteiger partial charge in [0, 0.05) is 30.2 Å². The number of aliphatic hydroxyl groups excluding tert-OH is 1. The van der Waals surface area contributed by atoms with Gasteiger partial charge in [0.2, 0.25) is 5.56 Å². The molecule has 0 unspecified atom stereocenters. The van der Waals surface area contributed by atoms with Gasteiger partial charge in [-0.1, -0.05) is 49.2 Å². The van der Waals surface area contributed by atoms with Crippen LogP contribution >= 0.6 is 0 Å². The van der Waals surface area contributed by atoms with Crippen LogP contribution < -0.4 is 15.1 Å². The van der Waals surface area contributed by atoms with Crippen LogP contribution in [0.2, 0.25) is 0 Å². The molecule has 0 saturated carbocycles. The molecule has 0 aliphatic rings. The first-order chi connectivity index (χ1) is 17.6. The first kappa shape index (κ1) is 28.7. The maximum Gasteiger partial charge on any atom is 0.306 e. The summed E-state index contributed by atoms with van der Waals surface area (Å²) < 4.78 is 61.3. The Balaban J connectivity index is 1.37. The minimum Gasteiger partial charge on any atom is -0.387 e. The summed E-state index contributed by atoms with van der Waals surface area (Å²) >= 11 is 0. The highest BCUT2D eigenvalue weighted by molar-refractivity contribution is 7.86. The van der Waals surface area contributed by atoms with Crippen LogP contribution in [0, 0.1) is 0 Å². The van der Waals surface area contributed by atoms with E-state index in [1.54, 1.807) is 24.3 Å². The number of ether oxygens (including phenoxy) is 1. The number of pyridine rings is 1. The number of nitrogens with one attached hydrogen (secondary N) is 2. The molecule has 0 fully saturated rings. The van der Waals surface area contributed by atoms with Crippen LogP contribution in [0.4, 0.5) is 8.78 Å². The lowest BCUT2D eigenvalue weighted by molar-refractivity contribution is -0.0831. The Hall–Kier alpha value is -2.86. The van der Waals surface area contributed by atoms with Crippen LogP contribution in [0.25, 0.3) is 10.9 Å². The molecule has 0 spiro atoms. The van der Waals surface area contributed by atoms with E-state index < -0.39 is 34.3 Å². The summed E-state index contributed by atoms with van der Waals surface area (Å²) in [6.45, 7) is 0.523. The van der Waals surface area contributed by atoms with E-state index >= 15 is 0 Å². The van der Waals surface area contributed by atoms with Crippen molar-refractivity contribution in [1.29, 1.82) is 0 Å². The van der Waals surface area contributed by atoms with Gasteiger partial charge in [-0.15, -0.1) is 0 Å².